The summed E-state index contributed by atoms with van der Waals surface area (Å²) in [5.41, 5.74) is 2.45. The molecule has 0 aliphatic carbocycles. The van der Waals surface area contributed by atoms with Crippen LogP contribution in [-0.2, 0) is 7.05 Å². The topological polar surface area (TPSA) is 93.0 Å². The van der Waals surface area contributed by atoms with Gasteiger partial charge in [-0.25, -0.2) is 9.67 Å². The third kappa shape index (κ3) is 3.71. The summed E-state index contributed by atoms with van der Waals surface area (Å²) in [6.07, 6.45) is 3.29. The zero-order chi connectivity index (χ0) is 19.5. The van der Waals surface area contributed by atoms with Crippen LogP contribution in [0.1, 0.15) is 33.6 Å². The lowest BCUT2D eigenvalue weighted by Gasteiger charge is -2.32. The molecular weight excluding hydrogens is 356 g/mol. The number of amides is 2. The van der Waals surface area contributed by atoms with Gasteiger partial charge >= 0.3 is 0 Å². The van der Waals surface area contributed by atoms with Crippen molar-refractivity contribution in [1.29, 1.82) is 0 Å². The third-order valence-electron chi connectivity index (χ3n) is 5.18. The van der Waals surface area contributed by atoms with Crippen molar-refractivity contribution >= 4 is 23.0 Å². The molecule has 0 saturated carbocycles. The number of pyridine rings is 1. The van der Waals surface area contributed by atoms with Crippen molar-refractivity contribution in [3.05, 3.63) is 53.7 Å². The minimum atomic E-state index is -0.164. The molecule has 0 atom stereocenters. The molecule has 1 aromatic carbocycles. The molecule has 144 valence electrons. The molecule has 8 nitrogen and oxygen atoms in total. The molecule has 1 N–H and O–H groups in total. The second kappa shape index (κ2) is 7.75. The number of nitrogens with zero attached hydrogens (tertiary/aromatic N) is 5. The van der Waals surface area contributed by atoms with Crippen molar-refractivity contribution in [1.82, 2.24) is 30.2 Å². The van der Waals surface area contributed by atoms with Gasteiger partial charge in [-0.05, 0) is 37.0 Å². The van der Waals surface area contributed by atoms with Gasteiger partial charge in [0.25, 0.3) is 11.8 Å². The first-order valence-electron chi connectivity index (χ1n) is 9.40. The number of hydrogen-bond donors (Lipinski definition) is 1. The molecule has 1 saturated heterocycles. The first kappa shape index (κ1) is 18.1. The van der Waals surface area contributed by atoms with E-state index in [1.165, 1.54) is 0 Å². The van der Waals surface area contributed by atoms with Crippen LogP contribution in [0.15, 0.2) is 42.6 Å². The Morgan fingerprint density at radius 1 is 1.14 bits per heavy atom. The highest BCUT2D eigenvalue weighted by Crippen LogP contribution is 2.19. The van der Waals surface area contributed by atoms with Crippen LogP contribution in [0.25, 0.3) is 11.2 Å². The summed E-state index contributed by atoms with van der Waals surface area (Å²) in [5, 5.41) is 10.9. The second-order valence-electron chi connectivity index (χ2n) is 7.09. The molecule has 0 radical (unpaired) electrons. The Hall–Kier alpha value is -3.29. The molecule has 1 aliphatic heterocycles. The lowest BCUT2D eigenvalue weighted by atomic mass is 9.96. The van der Waals surface area contributed by atoms with Crippen LogP contribution in [0.4, 0.5) is 0 Å². The predicted octanol–water partition coefficient (Wildman–Crippen LogP) is 1.65. The van der Waals surface area contributed by atoms with Crippen molar-refractivity contribution < 1.29 is 9.59 Å². The van der Waals surface area contributed by atoms with E-state index in [9.17, 15) is 9.59 Å². The Balaban J connectivity index is 1.29. The molecule has 0 unspecified atom stereocenters. The average Bonchev–Trinajstić information content (AvgIpc) is 3.12. The normalized spacial score (nSPS) is 15.0. The summed E-state index contributed by atoms with van der Waals surface area (Å²) in [6.45, 7) is 2.01. The van der Waals surface area contributed by atoms with E-state index in [1.807, 2.05) is 35.2 Å². The van der Waals surface area contributed by atoms with E-state index in [4.69, 9.17) is 0 Å². The fourth-order valence-corrected chi connectivity index (χ4v) is 3.49. The van der Waals surface area contributed by atoms with Crippen LogP contribution in [0.2, 0.25) is 0 Å². The quantitative estimate of drug-likeness (QED) is 0.745. The van der Waals surface area contributed by atoms with E-state index in [0.29, 0.717) is 42.3 Å². The summed E-state index contributed by atoms with van der Waals surface area (Å²) in [7, 11) is 1.76. The maximum absolute atomic E-state index is 12.5. The molecule has 2 aromatic heterocycles. The number of nitrogens with one attached hydrogen (secondary N) is 1. The van der Waals surface area contributed by atoms with Crippen LogP contribution < -0.4 is 5.32 Å². The number of carbonyl (C=O) groups excluding carboxylic acids is 2. The zero-order valence-electron chi connectivity index (χ0n) is 15.7. The van der Waals surface area contributed by atoms with Crippen molar-refractivity contribution in [3.8, 4) is 0 Å². The van der Waals surface area contributed by atoms with Gasteiger partial charge in [0, 0.05) is 38.4 Å². The van der Waals surface area contributed by atoms with E-state index in [1.54, 1.807) is 24.0 Å². The Bertz CT molecular complexity index is 992. The van der Waals surface area contributed by atoms with Gasteiger partial charge in [0.05, 0.1) is 5.56 Å². The van der Waals surface area contributed by atoms with Crippen molar-refractivity contribution in [2.45, 2.75) is 12.8 Å². The second-order valence-corrected chi connectivity index (χ2v) is 7.09. The van der Waals surface area contributed by atoms with Crippen molar-refractivity contribution in [3.63, 3.8) is 0 Å². The summed E-state index contributed by atoms with van der Waals surface area (Å²) < 4.78 is 1.57. The number of piperidine rings is 1. The van der Waals surface area contributed by atoms with E-state index in [2.05, 4.69) is 20.6 Å². The zero-order valence-corrected chi connectivity index (χ0v) is 15.7. The summed E-state index contributed by atoms with van der Waals surface area (Å²) >= 11 is 0. The number of benzene rings is 1. The maximum Gasteiger partial charge on any atom is 0.253 e. The van der Waals surface area contributed by atoms with Gasteiger partial charge in [0.1, 0.15) is 5.52 Å². The minimum Gasteiger partial charge on any atom is -0.352 e. The van der Waals surface area contributed by atoms with E-state index < -0.39 is 0 Å². The molecule has 1 fully saturated rings. The smallest absolute Gasteiger partial charge is 0.253 e. The van der Waals surface area contributed by atoms with Crippen LogP contribution in [0, 0.1) is 5.92 Å². The van der Waals surface area contributed by atoms with Gasteiger partial charge in [-0.2, -0.15) is 0 Å². The number of aromatic nitrogens is 4. The van der Waals surface area contributed by atoms with Gasteiger partial charge in [-0.1, -0.05) is 23.4 Å². The highest BCUT2D eigenvalue weighted by Gasteiger charge is 2.24. The Morgan fingerprint density at radius 3 is 2.64 bits per heavy atom. The fourth-order valence-electron chi connectivity index (χ4n) is 3.49. The van der Waals surface area contributed by atoms with Gasteiger partial charge < -0.3 is 10.2 Å². The molecule has 28 heavy (non-hydrogen) atoms. The molecular formula is C20H22N6O2. The van der Waals surface area contributed by atoms with E-state index in [-0.39, 0.29) is 11.8 Å². The van der Waals surface area contributed by atoms with Crippen LogP contribution in [-0.4, -0.2) is 56.3 Å². The highest BCUT2D eigenvalue weighted by atomic mass is 16.2. The van der Waals surface area contributed by atoms with Crippen LogP contribution in [0.5, 0.6) is 0 Å². The van der Waals surface area contributed by atoms with Crippen LogP contribution in [0.3, 0.4) is 0 Å². The molecule has 3 heterocycles. The summed E-state index contributed by atoms with van der Waals surface area (Å²) in [4.78, 5) is 31.1. The average molecular weight is 378 g/mol. The SMILES string of the molecule is Cn1nnc2cc(C(=O)NCC3CCN(C(=O)c4ccccc4)CC3)cnc21. The number of fused-ring (bicyclic) bond motifs is 1. The Morgan fingerprint density at radius 2 is 1.89 bits per heavy atom. The van der Waals surface area contributed by atoms with E-state index in [0.717, 1.165) is 18.4 Å². The van der Waals surface area contributed by atoms with Crippen molar-refractivity contribution in [2.75, 3.05) is 19.6 Å². The molecule has 0 spiro atoms. The maximum atomic E-state index is 12.5. The Labute approximate surface area is 162 Å². The van der Waals surface area contributed by atoms with E-state index >= 15 is 0 Å². The molecule has 4 rings (SSSR count). The monoisotopic (exact) mass is 378 g/mol. The fraction of sp³-hybridized carbons (Fsp3) is 0.350. The van der Waals surface area contributed by atoms with Gasteiger partial charge in [0.2, 0.25) is 0 Å². The van der Waals surface area contributed by atoms with Crippen molar-refractivity contribution in [2.24, 2.45) is 13.0 Å². The minimum absolute atomic E-state index is 0.0754. The lowest BCUT2D eigenvalue weighted by Crippen LogP contribution is -2.41. The lowest BCUT2D eigenvalue weighted by molar-refractivity contribution is 0.0684. The first-order chi connectivity index (χ1) is 13.6. The molecule has 8 heteroatoms. The molecule has 2 amide bonds. The summed E-state index contributed by atoms with van der Waals surface area (Å²) in [6, 6.07) is 11.0. The standard InChI is InChI=1S/C20H22N6O2/c1-25-18-17(23-24-25)11-16(13-21-18)19(27)22-12-14-7-9-26(10-8-14)20(28)15-5-3-2-4-6-15/h2-6,11,13-14H,7-10,12H2,1H3,(H,22,27). The number of carbonyl (C=O) groups is 2. The number of hydrogen-bond acceptors (Lipinski definition) is 5. The van der Waals surface area contributed by atoms with Crippen LogP contribution >= 0.6 is 0 Å². The van der Waals surface area contributed by atoms with Gasteiger partial charge in [-0.3, -0.25) is 9.59 Å². The molecule has 3 aromatic rings. The number of aryl methyl sites for hydroxylation is 1. The highest BCUT2D eigenvalue weighted by molar-refractivity contribution is 5.96. The number of likely N-dealkylation sites (tertiary alicyclic amines) is 1. The predicted molar refractivity (Wildman–Crippen MR) is 104 cm³/mol. The third-order valence-corrected chi connectivity index (χ3v) is 5.18. The first-order valence-corrected chi connectivity index (χ1v) is 9.40. The largest absolute Gasteiger partial charge is 0.352 e. The summed E-state index contributed by atoms with van der Waals surface area (Å²) in [5.74, 6) is 0.270. The number of rotatable bonds is 4. The van der Waals surface area contributed by atoms with Gasteiger partial charge in [0.15, 0.2) is 5.65 Å². The molecule has 1 aliphatic rings. The van der Waals surface area contributed by atoms with Gasteiger partial charge in [-0.15, -0.1) is 5.10 Å². The molecule has 0 bridgehead atoms. The Kier molecular flexibility index (Phi) is 5.01.